The van der Waals surface area contributed by atoms with Gasteiger partial charge < -0.3 is 13.6 Å². The van der Waals surface area contributed by atoms with Gasteiger partial charge in [0.05, 0.1) is 27.8 Å². The maximum absolute atomic E-state index is 6.93. The summed E-state index contributed by atoms with van der Waals surface area (Å²) in [5.41, 5.74) is 11.1. The minimum atomic E-state index is 0.572. The van der Waals surface area contributed by atoms with Gasteiger partial charge in [0, 0.05) is 65.5 Å². The van der Waals surface area contributed by atoms with Gasteiger partial charge >= 0.3 is 0 Å². The van der Waals surface area contributed by atoms with E-state index in [4.69, 9.17) is 19.4 Å². The minimum Gasteiger partial charge on any atom is -0.455 e. The van der Waals surface area contributed by atoms with Crippen LogP contribution < -0.4 is 0 Å². The molecule has 0 saturated heterocycles. The largest absolute Gasteiger partial charge is 0.455 e. The summed E-state index contributed by atoms with van der Waals surface area (Å²) < 4.78 is 11.7. The molecule has 14 aromatic rings. The fourth-order valence-electron chi connectivity index (χ4n) is 10.2. The molecule has 0 unspecified atom stereocenters. The average molecular weight is 830 g/mol. The van der Waals surface area contributed by atoms with Crippen LogP contribution in [0.25, 0.3) is 133 Å². The Balaban J connectivity index is 0.985. The van der Waals surface area contributed by atoms with Crippen LogP contribution in [0.5, 0.6) is 0 Å². The molecule has 0 aliphatic heterocycles. The molecule has 0 spiro atoms. The zero-order valence-electron chi connectivity index (χ0n) is 34.9. The maximum Gasteiger partial charge on any atom is 0.164 e. The highest BCUT2D eigenvalue weighted by Gasteiger charge is 2.22. The summed E-state index contributed by atoms with van der Waals surface area (Å²) in [5.74, 6) is 1.78. The Morgan fingerprint density at radius 3 is 1.75 bits per heavy atom. The summed E-state index contributed by atoms with van der Waals surface area (Å²) in [6.45, 7) is 0. The van der Waals surface area contributed by atoms with E-state index < -0.39 is 0 Å². The lowest BCUT2D eigenvalue weighted by Crippen LogP contribution is -2.00. The zero-order chi connectivity index (χ0) is 42.6. The predicted octanol–water partition coefficient (Wildman–Crippen LogP) is 15.3. The van der Waals surface area contributed by atoms with Crippen LogP contribution in [-0.2, 0) is 0 Å². The number of hydrogen-bond acceptors (Lipinski definition) is 4. The van der Waals surface area contributed by atoms with E-state index in [0.717, 1.165) is 88.1 Å². The van der Waals surface area contributed by atoms with Gasteiger partial charge in [-0.2, -0.15) is 0 Å². The molecule has 6 nitrogen and oxygen atoms in total. The first-order chi connectivity index (χ1) is 32.2. The second kappa shape index (κ2) is 13.8. The van der Waals surface area contributed by atoms with Gasteiger partial charge in [0.25, 0.3) is 0 Å². The molecule has 0 aliphatic rings. The van der Waals surface area contributed by atoms with Gasteiger partial charge in [-0.05, 0) is 71.4 Å². The molecule has 0 atom stereocenters. The molecule has 0 aliphatic carbocycles. The Morgan fingerprint density at radius 1 is 0.338 bits per heavy atom. The standard InChI is InChI=1S/C59H35N5O/c1-3-16-36(17-4-1)57-60-58(62-59(61-57)46-26-15-29-51-55(46)45-25-12-14-28-50(45)63(51)40-20-5-2-6-21-40)39-30-31-43-48-35-53(41-22-9-10-24-44(41)56(48)65-54(43)34-39)64-49-27-13-11-23-42(49)47-32-37-18-7-8-19-38(37)33-52(47)64/h1-35H. The number of para-hydroxylation sites is 3. The summed E-state index contributed by atoms with van der Waals surface area (Å²) in [4.78, 5) is 15.7. The van der Waals surface area contributed by atoms with E-state index in [9.17, 15) is 0 Å². The molecule has 14 rings (SSSR count). The first-order valence-electron chi connectivity index (χ1n) is 21.9. The number of benzene rings is 10. The second-order valence-corrected chi connectivity index (χ2v) is 16.8. The molecule has 0 fully saturated rings. The Hall–Kier alpha value is -8.87. The zero-order valence-corrected chi connectivity index (χ0v) is 34.9. The van der Waals surface area contributed by atoms with E-state index in [1.807, 2.05) is 18.2 Å². The van der Waals surface area contributed by atoms with Gasteiger partial charge in [0.2, 0.25) is 0 Å². The van der Waals surface area contributed by atoms with Crippen molar-refractivity contribution in [1.82, 2.24) is 24.1 Å². The van der Waals surface area contributed by atoms with E-state index >= 15 is 0 Å². The van der Waals surface area contributed by atoms with E-state index in [1.54, 1.807) is 0 Å². The topological polar surface area (TPSA) is 61.7 Å². The fraction of sp³-hybridized carbons (Fsp3) is 0. The summed E-state index contributed by atoms with van der Waals surface area (Å²) in [7, 11) is 0. The number of furan rings is 1. The lowest BCUT2D eigenvalue weighted by molar-refractivity contribution is 0.672. The van der Waals surface area contributed by atoms with Crippen LogP contribution in [0.2, 0.25) is 0 Å². The SMILES string of the molecule is c1ccc(-c2nc(-c3ccc4c(c3)oc3c5ccccc5c(-n5c6ccccc6c6cc7ccccc7cc65)cc43)nc(-c3cccc4c3c3ccccc3n4-c3ccccc3)n2)cc1. The maximum atomic E-state index is 6.93. The molecule has 0 bridgehead atoms. The van der Waals surface area contributed by atoms with E-state index in [2.05, 4.69) is 203 Å². The van der Waals surface area contributed by atoms with Crippen LogP contribution >= 0.6 is 0 Å². The Labute approximate surface area is 371 Å². The Kier molecular flexibility index (Phi) is 7.59. The van der Waals surface area contributed by atoms with Crippen LogP contribution in [0.1, 0.15) is 0 Å². The molecule has 6 heteroatoms. The van der Waals surface area contributed by atoms with Crippen molar-refractivity contribution in [2.75, 3.05) is 0 Å². The van der Waals surface area contributed by atoms with E-state index in [-0.39, 0.29) is 0 Å². The summed E-state index contributed by atoms with van der Waals surface area (Å²) in [6.07, 6.45) is 0. The smallest absolute Gasteiger partial charge is 0.164 e. The van der Waals surface area contributed by atoms with Crippen LogP contribution in [0, 0.1) is 0 Å². The second-order valence-electron chi connectivity index (χ2n) is 16.8. The number of hydrogen-bond donors (Lipinski definition) is 0. The molecule has 0 radical (unpaired) electrons. The van der Waals surface area contributed by atoms with Crippen molar-refractivity contribution in [3.63, 3.8) is 0 Å². The van der Waals surface area contributed by atoms with Crippen LogP contribution in [0.3, 0.4) is 0 Å². The van der Waals surface area contributed by atoms with E-state index in [1.165, 1.54) is 27.1 Å². The summed E-state index contributed by atoms with van der Waals surface area (Å²) in [6, 6.07) is 74.9. The molecule has 65 heavy (non-hydrogen) atoms. The lowest BCUT2D eigenvalue weighted by atomic mass is 10.0. The molecular weight excluding hydrogens is 795 g/mol. The van der Waals surface area contributed by atoms with Gasteiger partial charge in [0.1, 0.15) is 11.2 Å². The quantitative estimate of drug-likeness (QED) is 0.173. The summed E-state index contributed by atoms with van der Waals surface area (Å²) >= 11 is 0. The van der Waals surface area contributed by atoms with Crippen molar-refractivity contribution in [2.45, 2.75) is 0 Å². The summed E-state index contributed by atoms with van der Waals surface area (Å²) in [5, 5.41) is 11.4. The molecule has 0 N–H and O–H groups in total. The highest BCUT2D eigenvalue weighted by molar-refractivity contribution is 6.20. The van der Waals surface area contributed by atoms with Crippen molar-refractivity contribution in [2.24, 2.45) is 0 Å². The normalized spacial score (nSPS) is 12.0. The Bertz CT molecular complexity index is 4240. The van der Waals surface area contributed by atoms with Crippen molar-refractivity contribution < 1.29 is 4.42 Å². The third-order valence-electron chi connectivity index (χ3n) is 13.1. The molecule has 10 aromatic carbocycles. The fourth-order valence-corrected chi connectivity index (χ4v) is 10.2. The van der Waals surface area contributed by atoms with Gasteiger partial charge in [-0.3, -0.25) is 0 Å². The van der Waals surface area contributed by atoms with Crippen LogP contribution in [-0.4, -0.2) is 24.1 Å². The highest BCUT2D eigenvalue weighted by Crippen LogP contribution is 2.43. The molecule has 302 valence electrons. The number of fused-ring (bicyclic) bond motifs is 12. The van der Waals surface area contributed by atoms with Gasteiger partial charge in [-0.25, -0.2) is 15.0 Å². The van der Waals surface area contributed by atoms with Gasteiger partial charge in [-0.1, -0.05) is 152 Å². The number of rotatable bonds is 5. The molecular formula is C59H35N5O. The van der Waals surface area contributed by atoms with E-state index in [0.29, 0.717) is 17.5 Å². The Morgan fingerprint density at radius 2 is 0.954 bits per heavy atom. The number of nitrogens with zero attached hydrogens (tertiary/aromatic N) is 5. The third kappa shape index (κ3) is 5.38. The predicted molar refractivity (Wildman–Crippen MR) is 267 cm³/mol. The molecule has 0 amide bonds. The van der Waals surface area contributed by atoms with Crippen molar-refractivity contribution >= 4 is 87.1 Å². The third-order valence-corrected chi connectivity index (χ3v) is 13.1. The van der Waals surface area contributed by atoms with Crippen LogP contribution in [0.4, 0.5) is 0 Å². The minimum absolute atomic E-state index is 0.572. The monoisotopic (exact) mass is 829 g/mol. The van der Waals surface area contributed by atoms with Crippen molar-refractivity contribution in [1.29, 1.82) is 0 Å². The van der Waals surface area contributed by atoms with Crippen molar-refractivity contribution in [3.8, 4) is 45.5 Å². The highest BCUT2D eigenvalue weighted by atomic mass is 16.3. The molecule has 4 aromatic heterocycles. The van der Waals surface area contributed by atoms with Crippen LogP contribution in [0.15, 0.2) is 217 Å². The molecule has 0 saturated carbocycles. The van der Waals surface area contributed by atoms with Gasteiger partial charge in [-0.15, -0.1) is 0 Å². The first-order valence-corrected chi connectivity index (χ1v) is 21.9. The lowest BCUT2D eigenvalue weighted by Gasteiger charge is -2.13. The molecule has 4 heterocycles. The van der Waals surface area contributed by atoms with Crippen molar-refractivity contribution in [3.05, 3.63) is 212 Å². The first kappa shape index (κ1) is 35.7. The number of aromatic nitrogens is 5. The average Bonchev–Trinajstić information content (AvgIpc) is 4.03. The van der Waals surface area contributed by atoms with Gasteiger partial charge in [0.15, 0.2) is 17.5 Å².